The highest BCUT2D eigenvalue weighted by molar-refractivity contribution is 6.35. The predicted octanol–water partition coefficient (Wildman–Crippen LogP) is 2.67. The molecule has 1 aromatic carbocycles. The molecule has 0 saturated heterocycles. The minimum Gasteiger partial charge on any atom is -0.357 e. The normalized spacial score (nSPS) is 14.5. The van der Waals surface area contributed by atoms with Crippen LogP contribution in [0.1, 0.15) is 17.7 Å². The van der Waals surface area contributed by atoms with Crippen LogP contribution in [0, 0.1) is 0 Å². The van der Waals surface area contributed by atoms with E-state index in [-0.39, 0.29) is 5.43 Å². The van der Waals surface area contributed by atoms with Gasteiger partial charge in [0.2, 0.25) is 0 Å². The van der Waals surface area contributed by atoms with Crippen molar-refractivity contribution in [3.8, 4) is 0 Å². The number of aryl methyl sites for hydroxylation is 1. The molecule has 2 nitrogen and oxygen atoms in total. The summed E-state index contributed by atoms with van der Waals surface area (Å²) in [7, 11) is 0. The molecule has 1 heterocycles. The van der Waals surface area contributed by atoms with Gasteiger partial charge in [-0.05, 0) is 31.4 Å². The second-order valence-electron chi connectivity index (χ2n) is 3.93. The maximum absolute atomic E-state index is 12.1. The van der Waals surface area contributed by atoms with Gasteiger partial charge in [0.05, 0.1) is 10.5 Å². The van der Waals surface area contributed by atoms with Crippen molar-refractivity contribution in [3.05, 3.63) is 44.7 Å². The van der Waals surface area contributed by atoms with E-state index in [1.54, 1.807) is 6.07 Å². The molecule has 0 atom stereocenters. The molecule has 1 N–H and O–H groups in total. The van der Waals surface area contributed by atoms with Gasteiger partial charge in [0.15, 0.2) is 5.43 Å². The number of hydrogen-bond donors (Lipinski definition) is 1. The van der Waals surface area contributed by atoms with Crippen LogP contribution in [0.5, 0.6) is 0 Å². The predicted molar refractivity (Wildman–Crippen MR) is 61.6 cm³/mol. The van der Waals surface area contributed by atoms with Crippen LogP contribution in [0.25, 0.3) is 10.9 Å². The largest absolute Gasteiger partial charge is 0.357 e. The number of para-hydroxylation sites is 1. The number of benzene rings is 1. The molecule has 0 unspecified atom stereocenters. The van der Waals surface area contributed by atoms with E-state index in [1.807, 2.05) is 12.1 Å². The number of hydrogen-bond acceptors (Lipinski definition) is 1. The highest BCUT2D eigenvalue weighted by Gasteiger charge is 2.17. The molecule has 76 valence electrons. The minimum absolute atomic E-state index is 0.152. The van der Waals surface area contributed by atoms with Crippen molar-refractivity contribution in [1.29, 1.82) is 0 Å². The summed E-state index contributed by atoms with van der Waals surface area (Å²) in [6.45, 7) is 0. The summed E-state index contributed by atoms with van der Waals surface area (Å²) in [4.78, 5) is 15.4. The summed E-state index contributed by atoms with van der Waals surface area (Å²) < 4.78 is 0. The average molecular weight is 220 g/mol. The molecule has 0 aliphatic heterocycles. The number of fused-ring (bicyclic) bond motifs is 2. The van der Waals surface area contributed by atoms with Gasteiger partial charge >= 0.3 is 0 Å². The first kappa shape index (κ1) is 8.98. The van der Waals surface area contributed by atoms with Gasteiger partial charge in [0.25, 0.3) is 0 Å². The van der Waals surface area contributed by atoms with Crippen molar-refractivity contribution in [2.75, 3.05) is 0 Å². The summed E-state index contributed by atoms with van der Waals surface area (Å²) in [5.74, 6) is 0. The third-order valence-electron chi connectivity index (χ3n) is 3.03. The molecule has 15 heavy (non-hydrogen) atoms. The van der Waals surface area contributed by atoms with Gasteiger partial charge in [0, 0.05) is 16.6 Å². The number of aromatic amines is 1. The summed E-state index contributed by atoms with van der Waals surface area (Å²) in [5, 5.41) is 1.34. The Balaban J connectivity index is 2.52. The maximum atomic E-state index is 12.1. The Kier molecular flexibility index (Phi) is 1.86. The monoisotopic (exact) mass is 219 g/mol. The smallest absolute Gasteiger partial charge is 0.192 e. The molecule has 0 spiro atoms. The second-order valence-corrected chi connectivity index (χ2v) is 4.33. The van der Waals surface area contributed by atoms with Gasteiger partial charge in [-0.1, -0.05) is 17.7 Å². The van der Waals surface area contributed by atoms with Crippen molar-refractivity contribution in [2.24, 2.45) is 0 Å². The molecule has 0 saturated carbocycles. The zero-order chi connectivity index (χ0) is 10.4. The van der Waals surface area contributed by atoms with Gasteiger partial charge < -0.3 is 4.98 Å². The van der Waals surface area contributed by atoms with E-state index in [9.17, 15) is 4.79 Å². The van der Waals surface area contributed by atoms with Gasteiger partial charge in [0.1, 0.15) is 0 Å². The first-order chi connectivity index (χ1) is 7.27. The fraction of sp³-hybridized carbons (Fsp3) is 0.250. The van der Waals surface area contributed by atoms with Crippen LogP contribution in [0.3, 0.4) is 0 Å². The van der Waals surface area contributed by atoms with E-state index in [1.165, 1.54) is 0 Å². The zero-order valence-electron chi connectivity index (χ0n) is 8.14. The van der Waals surface area contributed by atoms with E-state index in [2.05, 4.69) is 4.98 Å². The molecular weight excluding hydrogens is 210 g/mol. The molecule has 2 aromatic rings. The summed E-state index contributed by atoms with van der Waals surface area (Å²) in [6, 6.07) is 5.46. The summed E-state index contributed by atoms with van der Waals surface area (Å²) in [6.07, 6.45) is 2.92. The molecule has 3 heteroatoms. The fourth-order valence-electron chi connectivity index (χ4n) is 2.29. The second kappa shape index (κ2) is 3.11. The lowest BCUT2D eigenvalue weighted by Crippen LogP contribution is -2.10. The van der Waals surface area contributed by atoms with E-state index in [0.29, 0.717) is 10.4 Å². The lowest BCUT2D eigenvalue weighted by atomic mass is 10.1. The van der Waals surface area contributed by atoms with Gasteiger partial charge in [-0.15, -0.1) is 0 Å². The number of pyridine rings is 1. The van der Waals surface area contributed by atoms with Crippen molar-refractivity contribution in [3.63, 3.8) is 0 Å². The molecule has 0 bridgehead atoms. The standard InChI is InChI=1S/C12H10ClNO/c13-9-5-1-4-8-11(9)14-10-6-2-3-7(10)12(8)15/h1,4-5H,2-3,6H2,(H,14,15). The van der Waals surface area contributed by atoms with E-state index in [4.69, 9.17) is 11.6 Å². The van der Waals surface area contributed by atoms with Gasteiger partial charge in [-0.2, -0.15) is 0 Å². The van der Waals surface area contributed by atoms with Crippen LogP contribution < -0.4 is 5.43 Å². The highest BCUT2D eigenvalue weighted by atomic mass is 35.5. The first-order valence-corrected chi connectivity index (χ1v) is 5.47. The van der Waals surface area contributed by atoms with Crippen molar-refractivity contribution >= 4 is 22.5 Å². The molecule has 1 aliphatic rings. The molecule has 0 amide bonds. The topological polar surface area (TPSA) is 32.9 Å². The Morgan fingerprint density at radius 3 is 3.00 bits per heavy atom. The third-order valence-corrected chi connectivity index (χ3v) is 3.34. The van der Waals surface area contributed by atoms with Crippen LogP contribution in [0.4, 0.5) is 0 Å². The number of halogens is 1. The number of nitrogens with one attached hydrogen (secondary N) is 1. The Bertz CT molecular complexity index is 600. The van der Waals surface area contributed by atoms with Gasteiger partial charge in [-0.25, -0.2) is 0 Å². The Morgan fingerprint density at radius 1 is 1.27 bits per heavy atom. The molecule has 3 rings (SSSR count). The molecule has 1 aromatic heterocycles. The Morgan fingerprint density at radius 2 is 2.13 bits per heavy atom. The lowest BCUT2D eigenvalue weighted by molar-refractivity contribution is 0.900. The maximum Gasteiger partial charge on any atom is 0.192 e. The van der Waals surface area contributed by atoms with E-state index >= 15 is 0 Å². The van der Waals surface area contributed by atoms with Crippen LogP contribution in [0.15, 0.2) is 23.0 Å². The SMILES string of the molecule is O=c1c2c([nH]c3c(Cl)cccc13)CCC2. The quantitative estimate of drug-likeness (QED) is 0.726. The van der Waals surface area contributed by atoms with Crippen molar-refractivity contribution in [1.82, 2.24) is 4.98 Å². The summed E-state index contributed by atoms with van der Waals surface area (Å²) in [5.41, 5.74) is 2.95. The Labute approximate surface area is 91.9 Å². The van der Waals surface area contributed by atoms with Crippen LogP contribution in [-0.4, -0.2) is 4.98 Å². The fourth-order valence-corrected chi connectivity index (χ4v) is 2.51. The van der Waals surface area contributed by atoms with Crippen molar-refractivity contribution in [2.45, 2.75) is 19.3 Å². The van der Waals surface area contributed by atoms with E-state index in [0.717, 1.165) is 36.0 Å². The molecule has 0 fully saturated rings. The number of aromatic nitrogens is 1. The van der Waals surface area contributed by atoms with Crippen LogP contribution in [-0.2, 0) is 12.8 Å². The third kappa shape index (κ3) is 1.21. The number of rotatable bonds is 0. The lowest BCUT2D eigenvalue weighted by Gasteiger charge is -2.04. The number of H-pyrrole nitrogens is 1. The molecular formula is C12H10ClNO. The molecule has 0 radical (unpaired) electrons. The van der Waals surface area contributed by atoms with Gasteiger partial charge in [-0.3, -0.25) is 4.79 Å². The average Bonchev–Trinajstić information content (AvgIpc) is 2.68. The Hall–Kier alpha value is -1.28. The van der Waals surface area contributed by atoms with E-state index < -0.39 is 0 Å². The van der Waals surface area contributed by atoms with Crippen molar-refractivity contribution < 1.29 is 0 Å². The van der Waals surface area contributed by atoms with Crippen LogP contribution >= 0.6 is 11.6 Å². The minimum atomic E-state index is 0.152. The van der Waals surface area contributed by atoms with Crippen LogP contribution in [0.2, 0.25) is 5.02 Å². The zero-order valence-corrected chi connectivity index (χ0v) is 8.90. The highest BCUT2D eigenvalue weighted by Crippen LogP contribution is 2.24. The first-order valence-electron chi connectivity index (χ1n) is 5.09. The summed E-state index contributed by atoms with van der Waals surface area (Å²) >= 11 is 6.06. The molecule has 1 aliphatic carbocycles.